The molecule has 1 heterocycles. The van der Waals surface area contributed by atoms with Crippen molar-refractivity contribution in [3.05, 3.63) is 81.2 Å². The van der Waals surface area contributed by atoms with E-state index in [4.69, 9.17) is 22.1 Å². The second kappa shape index (κ2) is 6.54. The number of nitrogens with two attached hydrogens (primary N) is 1. The van der Waals surface area contributed by atoms with E-state index in [1.165, 1.54) is 6.07 Å². The highest BCUT2D eigenvalue weighted by Gasteiger charge is 2.08. The standard InChI is InChI=1S/C17H14ClN3O2/c18-13-7-5-11(9-12-6-8-17(22)21-20-12)10-16(13)23-15-4-2-1-3-14(15)19/h1-8,10H,9,19H2,(H,21,22). The van der Waals surface area contributed by atoms with Crippen molar-refractivity contribution in [2.45, 2.75) is 6.42 Å². The predicted octanol–water partition coefficient (Wildman–Crippen LogP) is 3.39. The number of hydrogen-bond donors (Lipinski definition) is 2. The van der Waals surface area contributed by atoms with Gasteiger partial charge in [0.2, 0.25) is 0 Å². The number of aromatic amines is 1. The summed E-state index contributed by atoms with van der Waals surface area (Å²) in [6, 6.07) is 15.8. The maximum Gasteiger partial charge on any atom is 0.264 e. The minimum Gasteiger partial charge on any atom is -0.454 e. The van der Waals surface area contributed by atoms with Crippen molar-refractivity contribution in [2.24, 2.45) is 0 Å². The first-order chi connectivity index (χ1) is 11.1. The molecule has 0 aliphatic carbocycles. The quantitative estimate of drug-likeness (QED) is 0.720. The zero-order chi connectivity index (χ0) is 16.2. The fraction of sp³-hybridized carbons (Fsp3) is 0.0588. The lowest BCUT2D eigenvalue weighted by atomic mass is 10.1. The summed E-state index contributed by atoms with van der Waals surface area (Å²) in [7, 11) is 0. The van der Waals surface area contributed by atoms with Crippen LogP contribution in [-0.2, 0) is 6.42 Å². The number of aromatic nitrogens is 2. The summed E-state index contributed by atoms with van der Waals surface area (Å²) in [6.45, 7) is 0. The van der Waals surface area contributed by atoms with E-state index in [9.17, 15) is 4.79 Å². The van der Waals surface area contributed by atoms with Gasteiger partial charge in [0, 0.05) is 12.5 Å². The van der Waals surface area contributed by atoms with Crippen LogP contribution in [0, 0.1) is 0 Å². The van der Waals surface area contributed by atoms with E-state index < -0.39 is 0 Å². The van der Waals surface area contributed by atoms with Crippen LogP contribution in [0.2, 0.25) is 5.02 Å². The SMILES string of the molecule is Nc1ccccc1Oc1cc(Cc2ccc(=O)[nH]n2)ccc1Cl. The van der Waals surface area contributed by atoms with E-state index in [-0.39, 0.29) is 5.56 Å². The smallest absolute Gasteiger partial charge is 0.264 e. The molecule has 0 saturated heterocycles. The van der Waals surface area contributed by atoms with E-state index in [0.29, 0.717) is 28.6 Å². The largest absolute Gasteiger partial charge is 0.454 e. The van der Waals surface area contributed by atoms with E-state index in [0.717, 1.165) is 11.3 Å². The van der Waals surface area contributed by atoms with E-state index in [2.05, 4.69) is 10.2 Å². The molecule has 0 amide bonds. The topological polar surface area (TPSA) is 81.0 Å². The molecule has 0 radical (unpaired) electrons. The second-order valence-corrected chi connectivity index (χ2v) is 5.40. The van der Waals surface area contributed by atoms with Gasteiger partial charge in [-0.05, 0) is 35.9 Å². The molecule has 23 heavy (non-hydrogen) atoms. The number of rotatable bonds is 4. The van der Waals surface area contributed by atoms with Gasteiger partial charge in [0.15, 0.2) is 0 Å². The first-order valence-electron chi connectivity index (χ1n) is 6.97. The third-order valence-corrected chi connectivity index (χ3v) is 3.57. The molecule has 0 unspecified atom stereocenters. The van der Waals surface area contributed by atoms with Gasteiger partial charge in [0.1, 0.15) is 11.5 Å². The van der Waals surface area contributed by atoms with E-state index in [1.807, 2.05) is 24.3 Å². The number of H-pyrrole nitrogens is 1. The van der Waals surface area contributed by atoms with Crippen LogP contribution < -0.4 is 16.0 Å². The molecule has 0 aliphatic heterocycles. The van der Waals surface area contributed by atoms with Crippen molar-refractivity contribution in [1.29, 1.82) is 0 Å². The molecule has 0 atom stereocenters. The second-order valence-electron chi connectivity index (χ2n) is 4.99. The van der Waals surface area contributed by atoms with Crippen LogP contribution in [0.5, 0.6) is 11.5 Å². The summed E-state index contributed by atoms with van der Waals surface area (Å²) in [4.78, 5) is 11.0. The van der Waals surface area contributed by atoms with Crippen molar-refractivity contribution < 1.29 is 4.74 Å². The zero-order valence-electron chi connectivity index (χ0n) is 12.1. The number of ether oxygens (including phenoxy) is 1. The molecule has 2 aromatic carbocycles. The fourth-order valence-electron chi connectivity index (χ4n) is 2.11. The lowest BCUT2D eigenvalue weighted by Crippen LogP contribution is -2.07. The van der Waals surface area contributed by atoms with E-state index >= 15 is 0 Å². The van der Waals surface area contributed by atoms with Crippen LogP contribution in [0.15, 0.2) is 59.4 Å². The molecule has 0 saturated carbocycles. The Hall–Kier alpha value is -2.79. The average molecular weight is 328 g/mol. The summed E-state index contributed by atoms with van der Waals surface area (Å²) < 4.78 is 5.80. The summed E-state index contributed by atoms with van der Waals surface area (Å²) in [5, 5.41) is 6.90. The number of nitrogens with one attached hydrogen (secondary N) is 1. The highest BCUT2D eigenvalue weighted by molar-refractivity contribution is 6.32. The number of para-hydroxylation sites is 2. The number of nitrogen functional groups attached to an aromatic ring is 1. The van der Waals surface area contributed by atoms with Crippen LogP contribution in [-0.4, -0.2) is 10.2 Å². The average Bonchev–Trinajstić information content (AvgIpc) is 2.55. The zero-order valence-corrected chi connectivity index (χ0v) is 12.9. The monoisotopic (exact) mass is 327 g/mol. The molecule has 0 spiro atoms. The van der Waals surface area contributed by atoms with Crippen molar-refractivity contribution in [3.8, 4) is 11.5 Å². The normalized spacial score (nSPS) is 10.5. The van der Waals surface area contributed by atoms with Gasteiger partial charge in [0.25, 0.3) is 5.56 Å². The Kier molecular flexibility index (Phi) is 4.30. The maximum atomic E-state index is 11.0. The summed E-state index contributed by atoms with van der Waals surface area (Å²) in [6.07, 6.45) is 0.550. The molecule has 0 fully saturated rings. The van der Waals surface area contributed by atoms with Crippen LogP contribution in [0.25, 0.3) is 0 Å². The minimum absolute atomic E-state index is 0.228. The Labute approximate surface area is 137 Å². The van der Waals surface area contributed by atoms with Crippen molar-refractivity contribution in [1.82, 2.24) is 10.2 Å². The minimum atomic E-state index is -0.228. The predicted molar refractivity (Wildman–Crippen MR) is 90.0 cm³/mol. The Morgan fingerprint density at radius 1 is 1.09 bits per heavy atom. The van der Waals surface area contributed by atoms with Crippen molar-refractivity contribution >= 4 is 17.3 Å². The van der Waals surface area contributed by atoms with Gasteiger partial charge >= 0.3 is 0 Å². The first-order valence-corrected chi connectivity index (χ1v) is 7.35. The molecule has 3 N–H and O–H groups in total. The van der Waals surface area contributed by atoms with Gasteiger partial charge < -0.3 is 10.5 Å². The Morgan fingerprint density at radius 2 is 1.91 bits per heavy atom. The van der Waals surface area contributed by atoms with Crippen LogP contribution in [0.4, 0.5) is 5.69 Å². The first kappa shape index (κ1) is 15.1. The van der Waals surface area contributed by atoms with E-state index in [1.54, 1.807) is 24.3 Å². The lowest BCUT2D eigenvalue weighted by Gasteiger charge is -2.11. The number of hydrogen-bond acceptors (Lipinski definition) is 4. The molecule has 3 aromatic rings. The molecule has 0 aliphatic rings. The molecular weight excluding hydrogens is 314 g/mol. The molecule has 0 bridgehead atoms. The van der Waals surface area contributed by atoms with Gasteiger partial charge in [-0.25, -0.2) is 5.10 Å². The number of nitrogens with zero attached hydrogens (tertiary/aromatic N) is 1. The third kappa shape index (κ3) is 3.70. The van der Waals surface area contributed by atoms with Gasteiger partial charge in [-0.3, -0.25) is 4.79 Å². The Balaban J connectivity index is 1.85. The third-order valence-electron chi connectivity index (χ3n) is 3.26. The maximum absolute atomic E-state index is 11.0. The molecule has 6 heteroatoms. The van der Waals surface area contributed by atoms with Crippen LogP contribution in [0.1, 0.15) is 11.3 Å². The number of halogens is 1. The number of anilines is 1. The van der Waals surface area contributed by atoms with Gasteiger partial charge in [0.05, 0.1) is 16.4 Å². The molecule has 116 valence electrons. The number of benzene rings is 2. The highest BCUT2D eigenvalue weighted by atomic mass is 35.5. The van der Waals surface area contributed by atoms with Gasteiger partial charge in [-0.1, -0.05) is 29.8 Å². The van der Waals surface area contributed by atoms with Crippen LogP contribution in [0.3, 0.4) is 0 Å². The summed E-state index contributed by atoms with van der Waals surface area (Å²) in [5.41, 5.74) is 7.90. The Bertz CT molecular complexity index is 873. The van der Waals surface area contributed by atoms with Gasteiger partial charge in [-0.15, -0.1) is 0 Å². The molecule has 5 nitrogen and oxygen atoms in total. The molecule has 1 aromatic heterocycles. The van der Waals surface area contributed by atoms with Crippen molar-refractivity contribution in [3.63, 3.8) is 0 Å². The summed E-state index contributed by atoms with van der Waals surface area (Å²) >= 11 is 6.19. The summed E-state index contributed by atoms with van der Waals surface area (Å²) in [5.74, 6) is 1.07. The van der Waals surface area contributed by atoms with Crippen LogP contribution >= 0.6 is 11.6 Å². The highest BCUT2D eigenvalue weighted by Crippen LogP contribution is 2.33. The van der Waals surface area contributed by atoms with Gasteiger partial charge in [-0.2, -0.15) is 5.10 Å². The Morgan fingerprint density at radius 3 is 2.65 bits per heavy atom. The molecular formula is C17H14ClN3O2. The molecule has 3 rings (SSSR count). The van der Waals surface area contributed by atoms with Crippen molar-refractivity contribution in [2.75, 3.05) is 5.73 Å². The lowest BCUT2D eigenvalue weighted by molar-refractivity contribution is 0.484. The fourth-order valence-corrected chi connectivity index (χ4v) is 2.26.